The van der Waals surface area contributed by atoms with Crippen LogP contribution in [0, 0.1) is 0 Å². The predicted molar refractivity (Wildman–Crippen MR) is 39.1 cm³/mol. The van der Waals surface area contributed by atoms with Crippen molar-refractivity contribution in [1.29, 1.82) is 0 Å². The van der Waals surface area contributed by atoms with Crippen molar-refractivity contribution in [3.63, 3.8) is 0 Å². The summed E-state index contributed by atoms with van der Waals surface area (Å²) in [6, 6.07) is 0. The minimum absolute atomic E-state index is 0. The topological polar surface area (TPSA) is 80.3 Å². The fraction of sp³-hybridized carbons (Fsp3) is 1.00. The SMILES string of the molecule is CC[PH](=O)[O-].CC[PH](=O)[O-].[Zn+2]. The Labute approximate surface area is 80.9 Å². The molecule has 0 aromatic carbocycles. The molecule has 7 heteroatoms. The zero-order valence-electron chi connectivity index (χ0n) is 6.75. The molecule has 0 N–H and O–H groups in total. The van der Waals surface area contributed by atoms with E-state index >= 15 is 0 Å². The van der Waals surface area contributed by atoms with Crippen molar-refractivity contribution < 1.29 is 38.4 Å². The van der Waals surface area contributed by atoms with Crippen LogP contribution in [0.1, 0.15) is 13.8 Å². The van der Waals surface area contributed by atoms with Crippen LogP contribution in [0.5, 0.6) is 0 Å². The van der Waals surface area contributed by atoms with E-state index in [0.29, 0.717) is 12.3 Å². The summed E-state index contributed by atoms with van der Waals surface area (Å²) >= 11 is 0. The van der Waals surface area contributed by atoms with Crippen LogP contribution in [-0.2, 0) is 28.6 Å². The molecule has 0 fully saturated rings. The fourth-order valence-corrected chi connectivity index (χ4v) is 0. The molecule has 0 aliphatic carbocycles. The van der Waals surface area contributed by atoms with Gasteiger partial charge >= 0.3 is 19.5 Å². The molecular weight excluding hydrogens is 239 g/mol. The summed E-state index contributed by atoms with van der Waals surface area (Å²) in [5.41, 5.74) is 0. The van der Waals surface area contributed by atoms with E-state index in [-0.39, 0.29) is 19.5 Å². The molecule has 4 nitrogen and oxygen atoms in total. The minimum atomic E-state index is -2.37. The van der Waals surface area contributed by atoms with Gasteiger partial charge in [-0.2, -0.15) is 0 Å². The zero-order valence-corrected chi connectivity index (χ0v) is 11.7. The van der Waals surface area contributed by atoms with E-state index in [0.717, 1.165) is 0 Å². The van der Waals surface area contributed by atoms with E-state index in [2.05, 4.69) is 0 Å². The van der Waals surface area contributed by atoms with Gasteiger partial charge < -0.3 is 18.9 Å². The van der Waals surface area contributed by atoms with E-state index in [1.54, 1.807) is 13.8 Å². The molecule has 0 aliphatic rings. The summed E-state index contributed by atoms with van der Waals surface area (Å²) in [6.07, 6.45) is 0.593. The summed E-state index contributed by atoms with van der Waals surface area (Å²) in [5.74, 6) is 0. The van der Waals surface area contributed by atoms with Crippen molar-refractivity contribution >= 4 is 16.1 Å². The van der Waals surface area contributed by atoms with Gasteiger partial charge in [-0.3, -0.25) is 0 Å². The van der Waals surface area contributed by atoms with Gasteiger partial charge in [0.2, 0.25) is 0 Å². The van der Waals surface area contributed by atoms with Crippen molar-refractivity contribution in [3.05, 3.63) is 0 Å². The molecule has 0 saturated heterocycles. The van der Waals surface area contributed by atoms with Crippen LogP contribution in [-0.4, -0.2) is 12.3 Å². The maximum Gasteiger partial charge on any atom is 2.00 e. The quantitative estimate of drug-likeness (QED) is 0.498. The van der Waals surface area contributed by atoms with Crippen LogP contribution < -0.4 is 9.79 Å². The second-order valence-corrected chi connectivity index (χ2v) is 4.35. The molecular formula is C4H12O4P2Zn. The molecule has 0 saturated carbocycles. The van der Waals surface area contributed by atoms with Crippen LogP contribution >= 0.6 is 16.1 Å². The van der Waals surface area contributed by atoms with Gasteiger partial charge in [0.05, 0.1) is 0 Å². The van der Waals surface area contributed by atoms with E-state index < -0.39 is 16.1 Å². The molecule has 64 valence electrons. The Kier molecular flexibility index (Phi) is 22.1. The number of hydrogen-bond acceptors (Lipinski definition) is 4. The van der Waals surface area contributed by atoms with Gasteiger partial charge in [0.1, 0.15) is 0 Å². The molecule has 0 aromatic rings. The largest absolute Gasteiger partial charge is 2.00 e. The molecule has 0 spiro atoms. The van der Waals surface area contributed by atoms with Crippen LogP contribution in [0.3, 0.4) is 0 Å². The molecule has 0 rings (SSSR count). The van der Waals surface area contributed by atoms with Crippen molar-refractivity contribution in [2.45, 2.75) is 13.8 Å². The summed E-state index contributed by atoms with van der Waals surface area (Å²) in [6.45, 7) is 3.24. The second kappa shape index (κ2) is 13.6. The number of hydrogen-bond donors (Lipinski definition) is 0. The molecule has 2 atom stereocenters. The molecule has 0 bridgehead atoms. The molecule has 0 heterocycles. The average Bonchev–Trinajstić information content (AvgIpc) is 1.89. The first-order chi connectivity index (χ1) is 4.54. The predicted octanol–water partition coefficient (Wildman–Crippen LogP) is -0.320. The monoisotopic (exact) mass is 250 g/mol. The van der Waals surface area contributed by atoms with Crippen LogP contribution in [0.4, 0.5) is 0 Å². The standard InChI is InChI=1S/2C2H7O2P.Zn/c2*1-2-5(3)4;/h2*5H,2H2,1H3,(H,3,4);/q;;+2/p-2. The fourth-order valence-electron chi connectivity index (χ4n) is 0. The van der Waals surface area contributed by atoms with E-state index in [1.807, 2.05) is 0 Å². The number of rotatable bonds is 2. The first-order valence-electron chi connectivity index (χ1n) is 2.94. The Morgan fingerprint density at radius 2 is 1.09 bits per heavy atom. The summed E-state index contributed by atoms with van der Waals surface area (Å²) < 4.78 is 18.9. The molecule has 0 aromatic heterocycles. The smallest absolute Gasteiger partial charge is 0.802 e. The van der Waals surface area contributed by atoms with Gasteiger partial charge in [-0.1, -0.05) is 13.8 Å². The Morgan fingerprint density at radius 3 is 1.09 bits per heavy atom. The van der Waals surface area contributed by atoms with Crippen molar-refractivity contribution in [2.75, 3.05) is 12.3 Å². The molecule has 11 heavy (non-hydrogen) atoms. The first-order valence-corrected chi connectivity index (χ1v) is 5.99. The normalized spacial score (nSPS) is 13.5. The van der Waals surface area contributed by atoms with E-state index in [4.69, 9.17) is 0 Å². The maximum atomic E-state index is 9.44. The molecule has 0 amide bonds. The van der Waals surface area contributed by atoms with Crippen LogP contribution in [0.15, 0.2) is 0 Å². The van der Waals surface area contributed by atoms with Gasteiger partial charge in [0, 0.05) is 16.1 Å². The molecule has 0 radical (unpaired) electrons. The minimum Gasteiger partial charge on any atom is -0.802 e. The van der Waals surface area contributed by atoms with E-state index in [9.17, 15) is 18.9 Å². The third-order valence-corrected chi connectivity index (χ3v) is 1.73. The van der Waals surface area contributed by atoms with Gasteiger partial charge in [0.15, 0.2) is 0 Å². The van der Waals surface area contributed by atoms with E-state index in [1.165, 1.54) is 0 Å². The summed E-state index contributed by atoms with van der Waals surface area (Å²) in [5, 5.41) is 0. The first kappa shape index (κ1) is 17.9. The Morgan fingerprint density at radius 1 is 1.00 bits per heavy atom. The van der Waals surface area contributed by atoms with Gasteiger partial charge in [0.25, 0.3) is 0 Å². The van der Waals surface area contributed by atoms with Gasteiger partial charge in [-0.25, -0.2) is 0 Å². The summed E-state index contributed by atoms with van der Waals surface area (Å²) in [4.78, 5) is 18.9. The van der Waals surface area contributed by atoms with Crippen molar-refractivity contribution in [1.82, 2.24) is 0 Å². The van der Waals surface area contributed by atoms with Crippen LogP contribution in [0.25, 0.3) is 0 Å². The molecule has 0 aliphatic heterocycles. The Balaban J connectivity index is -0.000000107. The Hall–Kier alpha value is 1.00. The third-order valence-electron chi connectivity index (χ3n) is 0.577. The second-order valence-electron chi connectivity index (χ2n) is 1.45. The van der Waals surface area contributed by atoms with Crippen LogP contribution in [0.2, 0.25) is 0 Å². The van der Waals surface area contributed by atoms with Gasteiger partial charge in [-0.05, 0) is 12.3 Å². The Bertz CT molecular complexity index is 105. The molecule has 2 unspecified atom stereocenters. The van der Waals surface area contributed by atoms with Crippen molar-refractivity contribution in [2.24, 2.45) is 0 Å². The maximum absolute atomic E-state index is 9.44. The summed E-state index contributed by atoms with van der Waals surface area (Å²) in [7, 11) is -4.75. The van der Waals surface area contributed by atoms with Crippen molar-refractivity contribution in [3.8, 4) is 0 Å². The van der Waals surface area contributed by atoms with Gasteiger partial charge in [-0.15, -0.1) is 0 Å². The third kappa shape index (κ3) is 35.6. The zero-order chi connectivity index (χ0) is 8.57. The average molecular weight is 251 g/mol.